The van der Waals surface area contributed by atoms with Gasteiger partial charge in [0.25, 0.3) is 0 Å². The van der Waals surface area contributed by atoms with Crippen LogP contribution in [0.5, 0.6) is 0 Å². The van der Waals surface area contributed by atoms with Gasteiger partial charge >= 0.3 is 5.97 Å². The Balaban J connectivity index is 2.29. The van der Waals surface area contributed by atoms with Crippen LogP contribution in [0.4, 0.5) is 5.69 Å². The van der Waals surface area contributed by atoms with Crippen molar-refractivity contribution in [2.45, 2.75) is 19.9 Å². The Morgan fingerprint density at radius 3 is 2.63 bits per heavy atom. The lowest BCUT2D eigenvalue weighted by molar-refractivity contribution is -0.138. The van der Waals surface area contributed by atoms with E-state index in [1.54, 1.807) is 0 Å². The van der Waals surface area contributed by atoms with E-state index in [2.05, 4.69) is 21.2 Å². The average Bonchev–Trinajstić information content (AvgIpc) is 2.66. The molecule has 0 aliphatic rings. The highest BCUT2D eigenvalue weighted by molar-refractivity contribution is 9.10. The highest BCUT2D eigenvalue weighted by Gasteiger charge is 2.22. The standard InChI is InChI=1S/C14H14BrNO2S/c1-8-4-3-5-10(6-8)16-13(14(17)18)12-7-11(15)9(2)19-12/h3-7,13,16H,1-2H3,(H,17,18). The fourth-order valence-electron chi connectivity index (χ4n) is 1.78. The summed E-state index contributed by atoms with van der Waals surface area (Å²) in [6.07, 6.45) is 0. The summed E-state index contributed by atoms with van der Waals surface area (Å²) in [6, 6.07) is 8.83. The Kier molecular flexibility index (Phi) is 4.27. The first-order chi connectivity index (χ1) is 8.97. The molecule has 2 N–H and O–H groups in total. The maximum absolute atomic E-state index is 11.4. The minimum absolute atomic E-state index is 0.725. The normalized spacial score (nSPS) is 12.2. The summed E-state index contributed by atoms with van der Waals surface area (Å²) in [5.41, 5.74) is 1.91. The van der Waals surface area contributed by atoms with Crippen LogP contribution in [0.15, 0.2) is 34.8 Å². The molecule has 1 atom stereocenters. The van der Waals surface area contributed by atoms with Crippen LogP contribution in [-0.2, 0) is 4.79 Å². The fraction of sp³-hybridized carbons (Fsp3) is 0.214. The quantitative estimate of drug-likeness (QED) is 0.869. The number of carbonyl (C=O) groups is 1. The second-order valence-electron chi connectivity index (χ2n) is 4.34. The lowest BCUT2D eigenvalue weighted by Crippen LogP contribution is -2.19. The fourth-order valence-corrected chi connectivity index (χ4v) is 3.39. The first-order valence-corrected chi connectivity index (χ1v) is 7.40. The van der Waals surface area contributed by atoms with Crippen LogP contribution in [0.1, 0.15) is 21.4 Å². The highest BCUT2D eigenvalue weighted by atomic mass is 79.9. The smallest absolute Gasteiger partial charge is 0.331 e. The third-order valence-corrected chi connectivity index (χ3v) is 4.94. The maximum Gasteiger partial charge on any atom is 0.331 e. The molecule has 0 saturated heterocycles. The monoisotopic (exact) mass is 339 g/mol. The van der Waals surface area contributed by atoms with Gasteiger partial charge in [0.15, 0.2) is 6.04 Å². The largest absolute Gasteiger partial charge is 0.479 e. The Labute approximate surface area is 124 Å². The molecule has 1 heterocycles. The van der Waals surface area contributed by atoms with E-state index < -0.39 is 12.0 Å². The number of halogens is 1. The molecule has 0 radical (unpaired) electrons. The molecule has 1 aromatic carbocycles. The summed E-state index contributed by atoms with van der Waals surface area (Å²) in [6.45, 7) is 3.94. The molecule has 1 aromatic heterocycles. The van der Waals surface area contributed by atoms with Crippen molar-refractivity contribution >= 4 is 38.9 Å². The summed E-state index contributed by atoms with van der Waals surface area (Å²) in [7, 11) is 0. The zero-order valence-electron chi connectivity index (χ0n) is 10.6. The van der Waals surface area contributed by atoms with E-state index in [-0.39, 0.29) is 0 Å². The number of carboxylic acids is 1. The minimum Gasteiger partial charge on any atom is -0.479 e. The summed E-state index contributed by atoms with van der Waals surface area (Å²) in [5, 5.41) is 12.5. The zero-order valence-corrected chi connectivity index (χ0v) is 13.0. The summed E-state index contributed by atoms with van der Waals surface area (Å²) in [5.74, 6) is -0.879. The molecule has 0 spiro atoms. The molecule has 5 heteroatoms. The van der Waals surface area contributed by atoms with Crippen molar-refractivity contribution in [1.82, 2.24) is 0 Å². The van der Waals surface area contributed by atoms with Crippen LogP contribution in [0, 0.1) is 13.8 Å². The van der Waals surface area contributed by atoms with Gasteiger partial charge in [0, 0.05) is 19.9 Å². The molecule has 3 nitrogen and oxygen atoms in total. The molecular formula is C14H14BrNO2S. The predicted octanol–water partition coefficient (Wildman–Crippen LogP) is 4.37. The summed E-state index contributed by atoms with van der Waals surface area (Å²) in [4.78, 5) is 13.3. The Morgan fingerprint density at radius 1 is 1.37 bits per heavy atom. The van der Waals surface area contributed by atoms with Crippen molar-refractivity contribution in [2.75, 3.05) is 5.32 Å². The lowest BCUT2D eigenvalue weighted by Gasteiger charge is -2.14. The SMILES string of the molecule is Cc1cccc(NC(C(=O)O)c2cc(Br)c(C)s2)c1. The Bertz CT molecular complexity index is 590. The molecule has 0 aliphatic carbocycles. The molecule has 2 rings (SSSR count). The molecule has 100 valence electrons. The van der Waals surface area contributed by atoms with Crippen LogP contribution in [0.25, 0.3) is 0 Å². The highest BCUT2D eigenvalue weighted by Crippen LogP contribution is 2.32. The van der Waals surface area contributed by atoms with Crippen molar-refractivity contribution in [3.63, 3.8) is 0 Å². The second kappa shape index (κ2) is 5.75. The van der Waals surface area contributed by atoms with E-state index in [0.29, 0.717) is 0 Å². The van der Waals surface area contributed by atoms with E-state index in [9.17, 15) is 9.90 Å². The van der Waals surface area contributed by atoms with Crippen LogP contribution in [0.2, 0.25) is 0 Å². The number of benzene rings is 1. The van der Waals surface area contributed by atoms with Crippen LogP contribution < -0.4 is 5.32 Å². The number of aryl methyl sites for hydroxylation is 2. The first-order valence-electron chi connectivity index (χ1n) is 5.79. The third kappa shape index (κ3) is 3.36. The van der Waals surface area contributed by atoms with Gasteiger partial charge in [-0.05, 0) is 53.5 Å². The molecule has 2 aromatic rings. The number of thiophene rings is 1. The van der Waals surface area contributed by atoms with Gasteiger partial charge in [0.2, 0.25) is 0 Å². The van der Waals surface area contributed by atoms with E-state index in [4.69, 9.17) is 0 Å². The molecule has 0 bridgehead atoms. The predicted molar refractivity (Wildman–Crippen MR) is 81.9 cm³/mol. The van der Waals surface area contributed by atoms with E-state index >= 15 is 0 Å². The van der Waals surface area contributed by atoms with Gasteiger partial charge in [0.1, 0.15) is 0 Å². The molecule has 0 saturated carbocycles. The van der Waals surface area contributed by atoms with E-state index in [0.717, 1.165) is 25.5 Å². The van der Waals surface area contributed by atoms with Crippen molar-refractivity contribution in [1.29, 1.82) is 0 Å². The Hall–Kier alpha value is -1.33. The van der Waals surface area contributed by atoms with Crippen LogP contribution >= 0.6 is 27.3 Å². The topological polar surface area (TPSA) is 49.3 Å². The molecule has 19 heavy (non-hydrogen) atoms. The van der Waals surface area contributed by atoms with Crippen LogP contribution in [-0.4, -0.2) is 11.1 Å². The summed E-state index contributed by atoms with van der Waals surface area (Å²) < 4.78 is 0.949. The van der Waals surface area contributed by atoms with Gasteiger partial charge in [-0.3, -0.25) is 0 Å². The van der Waals surface area contributed by atoms with Crippen molar-refractivity contribution in [3.05, 3.63) is 50.1 Å². The number of hydrogen-bond acceptors (Lipinski definition) is 3. The maximum atomic E-state index is 11.4. The molecule has 1 unspecified atom stereocenters. The third-order valence-electron chi connectivity index (χ3n) is 2.74. The molecule has 0 fully saturated rings. The van der Waals surface area contributed by atoms with Crippen molar-refractivity contribution < 1.29 is 9.90 Å². The first kappa shape index (κ1) is 14.1. The second-order valence-corrected chi connectivity index (χ2v) is 6.48. The lowest BCUT2D eigenvalue weighted by atomic mass is 10.2. The van der Waals surface area contributed by atoms with Gasteiger partial charge in [-0.15, -0.1) is 11.3 Å². The minimum atomic E-state index is -0.879. The van der Waals surface area contributed by atoms with Gasteiger partial charge in [-0.1, -0.05) is 12.1 Å². The van der Waals surface area contributed by atoms with Crippen molar-refractivity contribution in [2.24, 2.45) is 0 Å². The average molecular weight is 340 g/mol. The van der Waals surface area contributed by atoms with Gasteiger partial charge in [-0.2, -0.15) is 0 Å². The summed E-state index contributed by atoms with van der Waals surface area (Å²) >= 11 is 4.90. The number of carboxylic acid groups (broad SMARTS) is 1. The number of hydrogen-bond donors (Lipinski definition) is 2. The Morgan fingerprint density at radius 2 is 2.11 bits per heavy atom. The number of aliphatic carboxylic acids is 1. The van der Waals surface area contributed by atoms with E-state index in [1.807, 2.05) is 44.2 Å². The van der Waals surface area contributed by atoms with Gasteiger partial charge < -0.3 is 10.4 Å². The number of anilines is 1. The van der Waals surface area contributed by atoms with E-state index in [1.165, 1.54) is 11.3 Å². The molecular weight excluding hydrogens is 326 g/mol. The molecule has 0 aliphatic heterocycles. The van der Waals surface area contributed by atoms with Crippen LogP contribution in [0.3, 0.4) is 0 Å². The molecule has 0 amide bonds. The number of nitrogens with one attached hydrogen (secondary N) is 1. The number of rotatable bonds is 4. The van der Waals surface area contributed by atoms with Gasteiger partial charge in [-0.25, -0.2) is 4.79 Å². The zero-order chi connectivity index (χ0) is 14.0. The van der Waals surface area contributed by atoms with Crippen molar-refractivity contribution in [3.8, 4) is 0 Å². The van der Waals surface area contributed by atoms with Gasteiger partial charge in [0.05, 0.1) is 0 Å².